The molecule has 0 aromatic carbocycles. The fraction of sp³-hybridized carbons (Fsp3) is 0.700. The van der Waals surface area contributed by atoms with Gasteiger partial charge in [-0.3, -0.25) is 4.79 Å². The number of thioether (sulfide) groups is 1. The van der Waals surface area contributed by atoms with E-state index in [4.69, 9.17) is 0 Å². The van der Waals surface area contributed by atoms with E-state index in [2.05, 4.69) is 20.8 Å². The van der Waals surface area contributed by atoms with E-state index in [9.17, 15) is 4.79 Å². The van der Waals surface area contributed by atoms with E-state index >= 15 is 0 Å². The van der Waals surface area contributed by atoms with Crippen LogP contribution in [0.15, 0.2) is 0 Å². The molecule has 7 heteroatoms. The van der Waals surface area contributed by atoms with E-state index < -0.39 is 0 Å². The summed E-state index contributed by atoms with van der Waals surface area (Å²) in [5, 5.41) is 15.0. The van der Waals surface area contributed by atoms with E-state index in [1.54, 1.807) is 0 Å². The quantitative estimate of drug-likeness (QED) is 0.871. The predicted octanol–water partition coefficient (Wildman–Crippen LogP) is 1.60. The highest BCUT2D eigenvalue weighted by molar-refractivity contribution is 7.99. The molecule has 1 fully saturated rings. The lowest BCUT2D eigenvalue weighted by molar-refractivity contribution is 0.0937. The fourth-order valence-corrected chi connectivity index (χ4v) is 3.43. The molecule has 1 aliphatic heterocycles. The number of carbonyl (C=O) groups is 1. The third kappa shape index (κ3) is 3.57. The zero-order valence-corrected chi connectivity index (χ0v) is 11.4. The van der Waals surface area contributed by atoms with Gasteiger partial charge in [0, 0.05) is 18.3 Å². The number of rotatable bonds is 4. The molecule has 0 radical (unpaired) electrons. The van der Waals surface area contributed by atoms with E-state index in [1.165, 1.54) is 23.5 Å². The van der Waals surface area contributed by atoms with Gasteiger partial charge in [-0.15, -0.1) is 10.2 Å². The maximum Gasteiger partial charge on any atom is 0.282 e. The minimum absolute atomic E-state index is 0.0980. The Morgan fingerprint density at radius 3 is 3.12 bits per heavy atom. The van der Waals surface area contributed by atoms with Crippen LogP contribution in [0.1, 0.15) is 29.6 Å². The second kappa shape index (κ2) is 6.20. The van der Waals surface area contributed by atoms with Crippen molar-refractivity contribution < 1.29 is 4.79 Å². The third-order valence-electron chi connectivity index (χ3n) is 2.44. The van der Waals surface area contributed by atoms with Gasteiger partial charge in [0.25, 0.3) is 5.91 Å². The molecule has 0 spiro atoms. The van der Waals surface area contributed by atoms with Crippen LogP contribution in [0, 0.1) is 0 Å². The lowest BCUT2D eigenvalue weighted by Crippen LogP contribution is -2.38. The average molecular weight is 272 g/mol. The van der Waals surface area contributed by atoms with E-state index in [1.807, 2.05) is 18.7 Å². The monoisotopic (exact) mass is 272 g/mol. The van der Waals surface area contributed by atoms with E-state index in [0.717, 1.165) is 18.7 Å². The summed E-state index contributed by atoms with van der Waals surface area (Å²) >= 11 is 3.20. The summed E-state index contributed by atoms with van der Waals surface area (Å²) in [5.74, 6) is 2.11. The molecule has 1 saturated heterocycles. The second-order valence-electron chi connectivity index (χ2n) is 3.83. The third-order valence-corrected chi connectivity index (χ3v) is 4.54. The fourth-order valence-electron chi connectivity index (χ4n) is 1.64. The first-order chi connectivity index (χ1) is 8.29. The highest BCUT2D eigenvalue weighted by Gasteiger charge is 2.19. The van der Waals surface area contributed by atoms with Gasteiger partial charge in [-0.1, -0.05) is 11.3 Å². The maximum absolute atomic E-state index is 11.9. The molecule has 1 unspecified atom stereocenters. The minimum atomic E-state index is -0.0980. The number of carbonyl (C=O) groups excluding carboxylic acids is 1. The first-order valence-electron chi connectivity index (χ1n) is 5.75. The Kier molecular flexibility index (Phi) is 4.61. The number of nitrogens with zero attached hydrogens (tertiary/aromatic N) is 2. The molecule has 2 heterocycles. The van der Waals surface area contributed by atoms with Gasteiger partial charge < -0.3 is 10.6 Å². The molecule has 17 heavy (non-hydrogen) atoms. The molecule has 2 rings (SSSR count). The first-order valence-corrected chi connectivity index (χ1v) is 7.72. The van der Waals surface area contributed by atoms with Gasteiger partial charge in [0.1, 0.15) is 0 Å². The number of aromatic nitrogens is 2. The van der Waals surface area contributed by atoms with Gasteiger partial charge in [0.15, 0.2) is 0 Å². The molecule has 1 aromatic heterocycles. The molecule has 2 N–H and O–H groups in total. The lowest BCUT2D eigenvalue weighted by Gasteiger charge is -2.21. The van der Waals surface area contributed by atoms with Crippen molar-refractivity contribution in [3.63, 3.8) is 0 Å². The van der Waals surface area contributed by atoms with Gasteiger partial charge >= 0.3 is 0 Å². The Hall–Kier alpha value is -0.820. The summed E-state index contributed by atoms with van der Waals surface area (Å²) in [6.07, 6.45) is 2.24. The summed E-state index contributed by atoms with van der Waals surface area (Å²) in [6, 6.07) is 0.285. The van der Waals surface area contributed by atoms with Gasteiger partial charge in [0.05, 0.1) is 0 Å². The Labute approximate surface area is 109 Å². The van der Waals surface area contributed by atoms with Crippen molar-refractivity contribution in [1.82, 2.24) is 15.5 Å². The number of nitrogens with one attached hydrogen (secondary N) is 2. The van der Waals surface area contributed by atoms with Crippen LogP contribution >= 0.6 is 23.1 Å². The standard InChI is InChI=1S/C10H16N4OS2/c1-2-11-10-14-13-9(17-10)8(15)12-7-4-3-5-16-6-7/h7H,2-6H2,1H3,(H,11,14)(H,12,15). The topological polar surface area (TPSA) is 66.9 Å². The van der Waals surface area contributed by atoms with Gasteiger partial charge in [0.2, 0.25) is 10.1 Å². The van der Waals surface area contributed by atoms with Crippen molar-refractivity contribution in [3.05, 3.63) is 5.01 Å². The zero-order chi connectivity index (χ0) is 12.1. The summed E-state index contributed by atoms with van der Waals surface area (Å²) in [5.41, 5.74) is 0. The highest BCUT2D eigenvalue weighted by atomic mass is 32.2. The first kappa shape index (κ1) is 12.6. The molecular formula is C10H16N4OS2. The molecule has 5 nitrogen and oxygen atoms in total. The lowest BCUT2D eigenvalue weighted by atomic mass is 10.2. The SMILES string of the molecule is CCNc1nnc(C(=O)NC2CCCSC2)s1. The Balaban J connectivity index is 1.89. The van der Waals surface area contributed by atoms with Crippen LogP contribution in [-0.4, -0.2) is 40.2 Å². The molecule has 0 bridgehead atoms. The maximum atomic E-state index is 11.9. The summed E-state index contributed by atoms with van der Waals surface area (Å²) < 4.78 is 0. The number of anilines is 1. The van der Waals surface area contributed by atoms with E-state index in [0.29, 0.717) is 10.1 Å². The van der Waals surface area contributed by atoms with Crippen LogP contribution < -0.4 is 10.6 Å². The average Bonchev–Trinajstić information content (AvgIpc) is 2.79. The van der Waals surface area contributed by atoms with Gasteiger partial charge in [-0.25, -0.2) is 0 Å². The van der Waals surface area contributed by atoms with Crippen molar-refractivity contribution in [2.75, 3.05) is 23.4 Å². The Morgan fingerprint density at radius 1 is 1.53 bits per heavy atom. The summed E-state index contributed by atoms with van der Waals surface area (Å²) in [7, 11) is 0. The smallest absolute Gasteiger partial charge is 0.282 e. The Morgan fingerprint density at radius 2 is 2.41 bits per heavy atom. The second-order valence-corrected chi connectivity index (χ2v) is 5.96. The largest absolute Gasteiger partial charge is 0.360 e. The zero-order valence-electron chi connectivity index (χ0n) is 9.73. The van der Waals surface area contributed by atoms with Crippen molar-refractivity contribution >= 4 is 34.1 Å². The molecule has 1 aliphatic rings. The summed E-state index contributed by atoms with van der Waals surface area (Å²) in [6.45, 7) is 2.77. The van der Waals surface area contributed by atoms with Crippen molar-refractivity contribution in [2.45, 2.75) is 25.8 Å². The van der Waals surface area contributed by atoms with Crippen LogP contribution in [0.25, 0.3) is 0 Å². The van der Waals surface area contributed by atoms with Gasteiger partial charge in [-0.05, 0) is 25.5 Å². The van der Waals surface area contributed by atoms with Crippen LogP contribution in [0.5, 0.6) is 0 Å². The molecule has 1 atom stereocenters. The molecule has 0 saturated carbocycles. The van der Waals surface area contributed by atoms with Crippen LogP contribution in [-0.2, 0) is 0 Å². The van der Waals surface area contributed by atoms with Crippen molar-refractivity contribution in [3.8, 4) is 0 Å². The molecule has 1 amide bonds. The van der Waals surface area contributed by atoms with Crippen LogP contribution in [0.4, 0.5) is 5.13 Å². The molecule has 1 aromatic rings. The predicted molar refractivity (Wildman–Crippen MR) is 71.9 cm³/mol. The Bertz CT molecular complexity index is 376. The molecular weight excluding hydrogens is 256 g/mol. The van der Waals surface area contributed by atoms with Crippen molar-refractivity contribution in [1.29, 1.82) is 0 Å². The molecule has 0 aliphatic carbocycles. The van der Waals surface area contributed by atoms with Gasteiger partial charge in [-0.2, -0.15) is 11.8 Å². The van der Waals surface area contributed by atoms with Crippen LogP contribution in [0.2, 0.25) is 0 Å². The highest BCUT2D eigenvalue weighted by Crippen LogP contribution is 2.19. The summed E-state index contributed by atoms with van der Waals surface area (Å²) in [4.78, 5) is 11.9. The number of amides is 1. The number of hydrogen-bond donors (Lipinski definition) is 2. The van der Waals surface area contributed by atoms with Crippen molar-refractivity contribution in [2.24, 2.45) is 0 Å². The number of hydrogen-bond acceptors (Lipinski definition) is 6. The van der Waals surface area contributed by atoms with E-state index in [-0.39, 0.29) is 11.9 Å². The molecule has 94 valence electrons. The normalized spacial score (nSPS) is 19.9. The minimum Gasteiger partial charge on any atom is -0.360 e. The van der Waals surface area contributed by atoms with Crippen LogP contribution in [0.3, 0.4) is 0 Å².